The molecule has 8 nitrogen and oxygen atoms in total. The fraction of sp³-hybridized carbons (Fsp3) is 0.348. The minimum atomic E-state index is -0.234. The van der Waals surface area contributed by atoms with Crippen molar-refractivity contribution in [1.82, 2.24) is 5.32 Å². The fourth-order valence-corrected chi connectivity index (χ4v) is 3.22. The van der Waals surface area contributed by atoms with E-state index in [-0.39, 0.29) is 30.4 Å². The Morgan fingerprint density at radius 3 is 2.55 bits per heavy atom. The SMILES string of the molecule is CC(=O)N(C)c1ccc(NCC(=O)Nc2cccc(C(=O)NCC3CCCO3)c2)cc1. The van der Waals surface area contributed by atoms with Gasteiger partial charge in [-0.05, 0) is 55.3 Å². The van der Waals surface area contributed by atoms with Gasteiger partial charge in [0, 0.05) is 49.7 Å². The van der Waals surface area contributed by atoms with E-state index in [2.05, 4.69) is 16.0 Å². The zero-order chi connectivity index (χ0) is 22.2. The van der Waals surface area contributed by atoms with E-state index in [0.29, 0.717) is 17.8 Å². The molecule has 1 fully saturated rings. The molecule has 0 spiro atoms. The number of benzene rings is 2. The summed E-state index contributed by atoms with van der Waals surface area (Å²) in [6.45, 7) is 2.80. The number of carbonyl (C=O) groups excluding carboxylic acids is 3. The lowest BCUT2D eigenvalue weighted by atomic mass is 10.1. The fourth-order valence-electron chi connectivity index (χ4n) is 3.22. The highest BCUT2D eigenvalue weighted by molar-refractivity contribution is 5.98. The van der Waals surface area contributed by atoms with E-state index in [0.717, 1.165) is 30.8 Å². The molecule has 3 amide bonds. The predicted octanol–water partition coefficient (Wildman–Crippen LogP) is 2.63. The Balaban J connectivity index is 1.48. The Morgan fingerprint density at radius 2 is 1.87 bits per heavy atom. The zero-order valence-electron chi connectivity index (χ0n) is 17.8. The summed E-state index contributed by atoms with van der Waals surface area (Å²) in [5.74, 6) is -0.481. The molecule has 1 atom stereocenters. The normalized spacial score (nSPS) is 15.2. The Kier molecular flexibility index (Phi) is 7.61. The van der Waals surface area contributed by atoms with Gasteiger partial charge in [0.15, 0.2) is 0 Å². The number of carbonyl (C=O) groups is 3. The van der Waals surface area contributed by atoms with Crippen LogP contribution in [0.4, 0.5) is 17.1 Å². The molecule has 1 aliphatic heterocycles. The van der Waals surface area contributed by atoms with Gasteiger partial charge in [-0.2, -0.15) is 0 Å². The van der Waals surface area contributed by atoms with Crippen molar-refractivity contribution in [3.8, 4) is 0 Å². The van der Waals surface area contributed by atoms with Gasteiger partial charge < -0.3 is 25.6 Å². The molecule has 3 rings (SSSR count). The number of rotatable bonds is 8. The van der Waals surface area contributed by atoms with Crippen molar-refractivity contribution in [1.29, 1.82) is 0 Å². The van der Waals surface area contributed by atoms with Gasteiger partial charge in [-0.1, -0.05) is 6.07 Å². The van der Waals surface area contributed by atoms with Crippen LogP contribution in [0.1, 0.15) is 30.1 Å². The number of hydrogen-bond acceptors (Lipinski definition) is 5. The van der Waals surface area contributed by atoms with Crippen molar-refractivity contribution < 1.29 is 19.1 Å². The first-order valence-electron chi connectivity index (χ1n) is 10.3. The lowest BCUT2D eigenvalue weighted by Gasteiger charge is -2.15. The molecule has 2 aromatic carbocycles. The highest BCUT2D eigenvalue weighted by Crippen LogP contribution is 2.17. The molecule has 1 unspecified atom stereocenters. The van der Waals surface area contributed by atoms with E-state index in [1.807, 2.05) is 0 Å². The summed E-state index contributed by atoms with van der Waals surface area (Å²) in [6.07, 6.45) is 2.06. The number of amides is 3. The first-order valence-corrected chi connectivity index (χ1v) is 10.3. The number of nitrogens with one attached hydrogen (secondary N) is 3. The summed E-state index contributed by atoms with van der Waals surface area (Å²) in [4.78, 5) is 37.6. The molecule has 8 heteroatoms. The molecule has 164 valence electrons. The van der Waals surface area contributed by atoms with Gasteiger partial charge in [0.1, 0.15) is 0 Å². The van der Waals surface area contributed by atoms with Crippen LogP contribution >= 0.6 is 0 Å². The molecule has 3 N–H and O–H groups in total. The van der Waals surface area contributed by atoms with E-state index >= 15 is 0 Å². The van der Waals surface area contributed by atoms with Gasteiger partial charge in [-0.3, -0.25) is 14.4 Å². The summed E-state index contributed by atoms with van der Waals surface area (Å²) < 4.78 is 5.51. The first-order chi connectivity index (χ1) is 14.9. The van der Waals surface area contributed by atoms with E-state index in [4.69, 9.17) is 4.74 Å². The Morgan fingerprint density at radius 1 is 1.10 bits per heavy atom. The Bertz CT molecular complexity index is 923. The van der Waals surface area contributed by atoms with Crippen molar-refractivity contribution in [3.05, 3.63) is 54.1 Å². The molecular weight excluding hydrogens is 396 g/mol. The maximum atomic E-state index is 12.4. The molecular formula is C23H28N4O4. The van der Waals surface area contributed by atoms with Crippen molar-refractivity contribution in [2.24, 2.45) is 0 Å². The van der Waals surface area contributed by atoms with Gasteiger partial charge in [0.05, 0.1) is 12.6 Å². The third-order valence-electron chi connectivity index (χ3n) is 5.10. The largest absolute Gasteiger partial charge is 0.376 e. The van der Waals surface area contributed by atoms with Gasteiger partial charge in [0.25, 0.3) is 5.91 Å². The highest BCUT2D eigenvalue weighted by Gasteiger charge is 2.17. The third kappa shape index (κ3) is 6.55. The van der Waals surface area contributed by atoms with E-state index in [9.17, 15) is 14.4 Å². The molecule has 0 bridgehead atoms. The first kappa shape index (κ1) is 22.3. The monoisotopic (exact) mass is 424 g/mol. The smallest absolute Gasteiger partial charge is 0.251 e. The number of nitrogens with zero attached hydrogens (tertiary/aromatic N) is 1. The van der Waals surface area contributed by atoms with Crippen LogP contribution in [0, 0.1) is 0 Å². The molecule has 0 aromatic heterocycles. The van der Waals surface area contributed by atoms with Crippen LogP contribution in [0.15, 0.2) is 48.5 Å². The maximum absolute atomic E-state index is 12.4. The summed E-state index contributed by atoms with van der Waals surface area (Å²) in [6, 6.07) is 14.0. The van der Waals surface area contributed by atoms with E-state index in [1.165, 1.54) is 6.92 Å². The molecule has 1 heterocycles. The predicted molar refractivity (Wildman–Crippen MR) is 120 cm³/mol. The molecule has 31 heavy (non-hydrogen) atoms. The van der Waals surface area contributed by atoms with Crippen LogP contribution in [0.25, 0.3) is 0 Å². The molecule has 2 aromatic rings. The van der Waals surface area contributed by atoms with Gasteiger partial charge in [0.2, 0.25) is 11.8 Å². The molecule has 0 radical (unpaired) electrons. The van der Waals surface area contributed by atoms with Gasteiger partial charge in [-0.15, -0.1) is 0 Å². The minimum absolute atomic E-state index is 0.0529. The average molecular weight is 425 g/mol. The third-order valence-corrected chi connectivity index (χ3v) is 5.10. The van der Waals surface area contributed by atoms with Gasteiger partial charge >= 0.3 is 0 Å². The second-order valence-corrected chi connectivity index (χ2v) is 7.45. The van der Waals surface area contributed by atoms with Crippen molar-refractivity contribution in [2.45, 2.75) is 25.9 Å². The zero-order valence-corrected chi connectivity index (χ0v) is 17.8. The number of hydrogen-bond donors (Lipinski definition) is 3. The molecule has 1 saturated heterocycles. The van der Waals surface area contributed by atoms with Crippen molar-refractivity contribution in [2.75, 3.05) is 42.3 Å². The molecule has 0 saturated carbocycles. The average Bonchev–Trinajstić information content (AvgIpc) is 3.30. The van der Waals surface area contributed by atoms with Crippen molar-refractivity contribution >= 4 is 34.8 Å². The topological polar surface area (TPSA) is 99.8 Å². The number of anilines is 3. The Hall–Kier alpha value is -3.39. The van der Waals surface area contributed by atoms with Crippen LogP contribution in [-0.2, 0) is 14.3 Å². The van der Waals surface area contributed by atoms with Crippen LogP contribution in [0.2, 0.25) is 0 Å². The quantitative estimate of drug-likeness (QED) is 0.605. The lowest BCUT2D eigenvalue weighted by Crippen LogP contribution is -2.31. The summed E-state index contributed by atoms with van der Waals surface area (Å²) >= 11 is 0. The molecule has 0 aliphatic carbocycles. The summed E-state index contributed by atoms with van der Waals surface area (Å²) in [5.41, 5.74) is 2.57. The second kappa shape index (κ2) is 10.6. The summed E-state index contributed by atoms with van der Waals surface area (Å²) in [7, 11) is 1.70. The van der Waals surface area contributed by atoms with Crippen LogP contribution in [0.5, 0.6) is 0 Å². The lowest BCUT2D eigenvalue weighted by molar-refractivity contribution is -0.116. The standard InChI is InChI=1S/C23H28N4O4/c1-16(28)27(2)20-10-8-18(9-11-20)24-15-22(29)26-19-6-3-5-17(13-19)23(30)25-14-21-7-4-12-31-21/h3,5-6,8-11,13,21,24H,4,7,12,14-15H2,1-2H3,(H,25,30)(H,26,29). The maximum Gasteiger partial charge on any atom is 0.251 e. The second-order valence-electron chi connectivity index (χ2n) is 7.45. The minimum Gasteiger partial charge on any atom is -0.376 e. The highest BCUT2D eigenvalue weighted by atomic mass is 16.5. The van der Waals surface area contributed by atoms with Crippen LogP contribution in [-0.4, -0.2) is 50.6 Å². The summed E-state index contributed by atoms with van der Waals surface area (Å²) in [5, 5.41) is 8.70. The number of ether oxygens (including phenoxy) is 1. The van der Waals surface area contributed by atoms with E-state index in [1.54, 1.807) is 60.5 Å². The molecule has 1 aliphatic rings. The van der Waals surface area contributed by atoms with Crippen LogP contribution < -0.4 is 20.9 Å². The van der Waals surface area contributed by atoms with Crippen LogP contribution in [0.3, 0.4) is 0 Å². The van der Waals surface area contributed by atoms with Crippen molar-refractivity contribution in [3.63, 3.8) is 0 Å². The van der Waals surface area contributed by atoms with E-state index < -0.39 is 0 Å². The van der Waals surface area contributed by atoms with Gasteiger partial charge in [-0.25, -0.2) is 0 Å². The Labute approximate surface area is 182 Å².